The van der Waals surface area contributed by atoms with Gasteiger partial charge < -0.3 is 24.4 Å². The highest BCUT2D eigenvalue weighted by atomic mass is 32.2. The first-order valence-electron chi connectivity index (χ1n) is 8.05. The average molecular weight is 377 g/mol. The Kier molecular flexibility index (Phi) is 5.31. The van der Waals surface area contributed by atoms with Crippen LogP contribution >= 0.6 is 11.8 Å². The molecule has 0 unspecified atom stereocenters. The van der Waals surface area contributed by atoms with Crippen LogP contribution in [0.5, 0.6) is 0 Å². The van der Waals surface area contributed by atoms with Gasteiger partial charge in [0, 0.05) is 18.5 Å². The second-order valence-corrected chi connectivity index (χ2v) is 6.51. The molecule has 0 aromatic carbocycles. The van der Waals surface area contributed by atoms with Crippen molar-refractivity contribution in [2.45, 2.75) is 25.0 Å². The van der Waals surface area contributed by atoms with E-state index in [1.807, 2.05) is 7.05 Å². The number of aromatic nitrogens is 3. The van der Waals surface area contributed by atoms with Crippen molar-refractivity contribution in [3.8, 4) is 11.6 Å². The van der Waals surface area contributed by atoms with Crippen molar-refractivity contribution in [2.24, 2.45) is 7.05 Å². The maximum Gasteiger partial charge on any atom is 0.337 e. The largest absolute Gasteiger partial charge is 0.463 e. The Bertz CT molecular complexity index is 843. The molecule has 0 aliphatic carbocycles. The van der Waals surface area contributed by atoms with Crippen LogP contribution in [0.4, 0.5) is 4.79 Å². The molecule has 2 N–H and O–H groups in total. The summed E-state index contributed by atoms with van der Waals surface area (Å²) in [6.45, 7) is 3.74. The Morgan fingerprint density at radius 1 is 1.46 bits per heavy atom. The molecule has 1 aliphatic rings. The molecule has 9 nitrogen and oxygen atoms in total. The third kappa shape index (κ3) is 3.59. The molecule has 0 saturated heterocycles. The highest BCUT2D eigenvalue weighted by Gasteiger charge is 2.30. The van der Waals surface area contributed by atoms with Crippen molar-refractivity contribution in [3.05, 3.63) is 29.7 Å². The third-order valence-corrected chi connectivity index (χ3v) is 4.83. The molecule has 0 radical (unpaired) electrons. The van der Waals surface area contributed by atoms with Gasteiger partial charge in [-0.15, -0.1) is 10.2 Å². The average Bonchev–Trinajstić information content (AvgIpc) is 3.22. The summed E-state index contributed by atoms with van der Waals surface area (Å²) in [6.07, 6.45) is 1.57. The number of carbonyl (C=O) groups excluding carboxylic acids is 2. The highest BCUT2D eigenvalue weighted by Crippen LogP contribution is 2.26. The molecular weight excluding hydrogens is 358 g/mol. The van der Waals surface area contributed by atoms with Crippen LogP contribution in [-0.4, -0.2) is 45.2 Å². The zero-order chi connectivity index (χ0) is 18.7. The van der Waals surface area contributed by atoms with Gasteiger partial charge in [-0.25, -0.2) is 9.59 Å². The van der Waals surface area contributed by atoms with Crippen LogP contribution in [0.15, 0.2) is 39.2 Å². The molecule has 2 aromatic heterocycles. The summed E-state index contributed by atoms with van der Waals surface area (Å²) >= 11 is 1.35. The molecular formula is C16H19N5O4S. The first-order valence-corrected chi connectivity index (χ1v) is 9.03. The normalized spacial score (nSPS) is 17.0. The topological polar surface area (TPSA) is 111 Å². The number of hydrogen-bond donors (Lipinski definition) is 2. The number of ether oxygens (including phenoxy) is 1. The molecule has 3 heterocycles. The molecule has 0 bridgehead atoms. The first-order chi connectivity index (χ1) is 12.5. The molecule has 0 spiro atoms. The van der Waals surface area contributed by atoms with E-state index < -0.39 is 12.0 Å². The van der Waals surface area contributed by atoms with Crippen LogP contribution in [0, 0.1) is 0 Å². The van der Waals surface area contributed by atoms with E-state index in [2.05, 4.69) is 20.8 Å². The van der Waals surface area contributed by atoms with E-state index in [4.69, 9.17) is 9.15 Å². The van der Waals surface area contributed by atoms with Gasteiger partial charge >= 0.3 is 12.0 Å². The molecule has 3 rings (SSSR count). The van der Waals surface area contributed by atoms with Crippen LogP contribution in [0.1, 0.15) is 13.8 Å². The van der Waals surface area contributed by atoms with E-state index in [0.29, 0.717) is 33.8 Å². The molecule has 26 heavy (non-hydrogen) atoms. The van der Waals surface area contributed by atoms with Gasteiger partial charge in [0.1, 0.15) is 0 Å². The summed E-state index contributed by atoms with van der Waals surface area (Å²) < 4.78 is 12.2. The van der Waals surface area contributed by atoms with Crippen molar-refractivity contribution >= 4 is 23.8 Å². The fraction of sp³-hybridized carbons (Fsp3) is 0.375. The number of nitrogens with zero attached hydrogens (tertiary/aromatic N) is 3. The van der Waals surface area contributed by atoms with Gasteiger partial charge in [0.15, 0.2) is 16.7 Å². The number of thioether (sulfide) groups is 1. The molecule has 2 aromatic rings. The summed E-state index contributed by atoms with van der Waals surface area (Å²) in [4.78, 5) is 24.0. The molecule has 2 amide bonds. The van der Waals surface area contributed by atoms with E-state index in [1.54, 1.807) is 36.8 Å². The molecule has 10 heteroatoms. The van der Waals surface area contributed by atoms with Crippen molar-refractivity contribution in [1.29, 1.82) is 0 Å². The lowest BCUT2D eigenvalue weighted by Crippen LogP contribution is -2.49. The fourth-order valence-electron chi connectivity index (χ4n) is 2.59. The van der Waals surface area contributed by atoms with Crippen molar-refractivity contribution in [1.82, 2.24) is 25.4 Å². The first kappa shape index (κ1) is 18.1. The van der Waals surface area contributed by atoms with E-state index in [9.17, 15) is 9.59 Å². The summed E-state index contributed by atoms with van der Waals surface area (Å²) in [5.41, 5.74) is 0.916. The van der Waals surface area contributed by atoms with E-state index >= 15 is 0 Å². The minimum absolute atomic E-state index is 0.263. The van der Waals surface area contributed by atoms with E-state index in [0.717, 1.165) is 0 Å². The summed E-state index contributed by atoms with van der Waals surface area (Å²) in [7, 11) is 1.82. The second kappa shape index (κ2) is 7.65. The Balaban J connectivity index is 1.81. The number of nitrogens with one attached hydrogen (secondary N) is 2. The monoisotopic (exact) mass is 377 g/mol. The van der Waals surface area contributed by atoms with Crippen molar-refractivity contribution in [2.75, 3.05) is 12.4 Å². The smallest absolute Gasteiger partial charge is 0.337 e. The van der Waals surface area contributed by atoms with Crippen LogP contribution in [0.3, 0.4) is 0 Å². The molecule has 0 fully saturated rings. The summed E-state index contributed by atoms with van der Waals surface area (Å²) in [5.74, 6) is 1.11. The third-order valence-electron chi connectivity index (χ3n) is 3.79. The van der Waals surface area contributed by atoms with E-state index in [-0.39, 0.29) is 12.6 Å². The zero-order valence-corrected chi connectivity index (χ0v) is 15.4. The maximum absolute atomic E-state index is 12.2. The molecule has 0 saturated carbocycles. The lowest BCUT2D eigenvalue weighted by atomic mass is 10.1. The lowest BCUT2D eigenvalue weighted by molar-refractivity contribution is -0.138. The number of furan rings is 1. The Morgan fingerprint density at radius 2 is 2.27 bits per heavy atom. The summed E-state index contributed by atoms with van der Waals surface area (Å²) in [6, 6.07) is 2.79. The minimum atomic E-state index is -0.447. The fourth-order valence-corrected chi connectivity index (χ4v) is 3.47. The van der Waals surface area contributed by atoms with Crippen LogP contribution < -0.4 is 10.6 Å². The molecule has 1 aliphatic heterocycles. The predicted molar refractivity (Wildman–Crippen MR) is 94.2 cm³/mol. The number of urea groups is 1. The second-order valence-electron chi connectivity index (χ2n) is 5.56. The van der Waals surface area contributed by atoms with Gasteiger partial charge in [-0.3, -0.25) is 0 Å². The predicted octanol–water partition coefficient (Wildman–Crippen LogP) is 1.69. The highest BCUT2D eigenvalue weighted by molar-refractivity contribution is 7.99. The van der Waals surface area contributed by atoms with Crippen molar-refractivity contribution in [3.63, 3.8) is 0 Å². The van der Waals surface area contributed by atoms with Crippen LogP contribution in [0.25, 0.3) is 11.6 Å². The van der Waals surface area contributed by atoms with Gasteiger partial charge in [0.25, 0.3) is 0 Å². The van der Waals surface area contributed by atoms with Crippen LogP contribution in [-0.2, 0) is 16.6 Å². The Labute approximate surface area is 154 Å². The zero-order valence-electron chi connectivity index (χ0n) is 14.6. The van der Waals surface area contributed by atoms with Gasteiger partial charge in [0.2, 0.25) is 0 Å². The summed E-state index contributed by atoms with van der Waals surface area (Å²) in [5, 5.41) is 14.3. The SMILES string of the molecule is CCOC(=O)C1=C(CSc2nnc(-c3ccco3)n2C)NC(=O)N[C@@H]1C. The quantitative estimate of drug-likeness (QED) is 0.582. The molecule has 1 atom stereocenters. The van der Waals surface area contributed by atoms with Crippen molar-refractivity contribution < 1.29 is 18.7 Å². The number of hydrogen-bond acceptors (Lipinski definition) is 7. The van der Waals surface area contributed by atoms with Gasteiger partial charge in [-0.2, -0.15) is 0 Å². The maximum atomic E-state index is 12.2. The number of esters is 1. The Hall–Kier alpha value is -2.75. The van der Waals surface area contributed by atoms with Gasteiger partial charge in [-0.05, 0) is 26.0 Å². The lowest BCUT2D eigenvalue weighted by Gasteiger charge is -2.26. The Morgan fingerprint density at radius 3 is 2.96 bits per heavy atom. The minimum Gasteiger partial charge on any atom is -0.463 e. The number of amides is 2. The van der Waals surface area contributed by atoms with Gasteiger partial charge in [0.05, 0.1) is 24.5 Å². The van der Waals surface area contributed by atoms with Gasteiger partial charge in [-0.1, -0.05) is 11.8 Å². The number of carbonyl (C=O) groups is 2. The van der Waals surface area contributed by atoms with E-state index in [1.165, 1.54) is 11.8 Å². The van der Waals surface area contributed by atoms with Crippen LogP contribution in [0.2, 0.25) is 0 Å². The molecule has 138 valence electrons. The number of rotatable bonds is 6. The standard InChI is InChI=1S/C16H19N5O4S/c1-4-24-14(22)12-9(2)17-15(23)18-10(12)8-26-16-20-19-13(21(16)3)11-6-5-7-25-11/h5-7,9H,4,8H2,1-3H3,(H2,17,18,23)/t9-/m1/s1.